The van der Waals surface area contributed by atoms with Crippen LogP contribution in [0.4, 0.5) is 0 Å². The number of ether oxygens (including phenoxy) is 1. The van der Waals surface area contributed by atoms with Gasteiger partial charge in [-0.3, -0.25) is 0 Å². The van der Waals surface area contributed by atoms with E-state index >= 15 is 0 Å². The third-order valence-corrected chi connectivity index (χ3v) is 6.23. The van der Waals surface area contributed by atoms with E-state index < -0.39 is 10.0 Å². The van der Waals surface area contributed by atoms with E-state index in [2.05, 4.69) is 11.8 Å². The minimum Gasteiger partial charge on any atom is -0.380 e. The average Bonchev–Trinajstić information content (AvgIpc) is 2.90. The average molecular weight is 290 g/mol. The van der Waals surface area contributed by atoms with Crippen LogP contribution in [0.3, 0.4) is 0 Å². The van der Waals surface area contributed by atoms with E-state index in [0.717, 1.165) is 19.5 Å². The lowest BCUT2D eigenvalue weighted by atomic mass is 9.97. The maximum Gasteiger partial charge on any atom is 0.215 e. The minimum atomic E-state index is -3.13. The summed E-state index contributed by atoms with van der Waals surface area (Å²) in [7, 11) is -1.46. The van der Waals surface area contributed by atoms with Crippen molar-refractivity contribution in [1.29, 1.82) is 0 Å². The standard InChI is InChI=1S/C13H26N2O3S/c1-12-5-8-15(11-13(12)18-2)19(16,17)10-9-14-6-3-4-7-14/h12-13H,3-11H2,1-2H3/t12-,13+/m1/s1. The van der Waals surface area contributed by atoms with Crippen molar-refractivity contribution in [2.75, 3.05) is 45.6 Å². The van der Waals surface area contributed by atoms with Crippen LogP contribution in [0.25, 0.3) is 0 Å². The monoisotopic (exact) mass is 290 g/mol. The molecule has 2 rings (SSSR count). The Labute approximate surface area is 117 Å². The molecule has 112 valence electrons. The highest BCUT2D eigenvalue weighted by Gasteiger charge is 2.32. The van der Waals surface area contributed by atoms with E-state index in [1.807, 2.05) is 0 Å². The highest BCUT2D eigenvalue weighted by atomic mass is 32.2. The summed E-state index contributed by atoms with van der Waals surface area (Å²) in [6.45, 7) is 6.05. The summed E-state index contributed by atoms with van der Waals surface area (Å²) in [5.41, 5.74) is 0. The Balaban J connectivity index is 1.87. The Bertz CT molecular complexity index is 379. The topological polar surface area (TPSA) is 49.9 Å². The van der Waals surface area contributed by atoms with Crippen LogP contribution < -0.4 is 0 Å². The number of sulfonamides is 1. The van der Waals surface area contributed by atoms with Gasteiger partial charge in [-0.2, -0.15) is 4.31 Å². The Morgan fingerprint density at radius 3 is 2.53 bits per heavy atom. The molecule has 2 fully saturated rings. The van der Waals surface area contributed by atoms with Crippen molar-refractivity contribution in [2.24, 2.45) is 5.92 Å². The molecule has 0 aromatic carbocycles. The van der Waals surface area contributed by atoms with Gasteiger partial charge in [0.1, 0.15) is 0 Å². The lowest BCUT2D eigenvalue weighted by molar-refractivity contribution is 0.0183. The smallest absolute Gasteiger partial charge is 0.215 e. The van der Waals surface area contributed by atoms with E-state index in [0.29, 0.717) is 25.6 Å². The van der Waals surface area contributed by atoms with Crippen LogP contribution in [0.5, 0.6) is 0 Å². The molecular weight excluding hydrogens is 264 g/mol. The summed E-state index contributed by atoms with van der Waals surface area (Å²) in [6.07, 6.45) is 3.33. The van der Waals surface area contributed by atoms with E-state index in [1.54, 1.807) is 11.4 Å². The first-order chi connectivity index (χ1) is 9.03. The SMILES string of the molecule is CO[C@H]1CN(S(=O)(=O)CCN2CCCC2)CC[C@H]1C. The predicted octanol–water partition coefficient (Wildman–Crippen LogP) is 0.769. The van der Waals surface area contributed by atoms with Gasteiger partial charge in [0.05, 0.1) is 11.9 Å². The molecule has 5 nitrogen and oxygen atoms in total. The molecule has 0 unspecified atom stereocenters. The number of hydrogen-bond acceptors (Lipinski definition) is 4. The van der Waals surface area contributed by atoms with Crippen molar-refractivity contribution in [3.63, 3.8) is 0 Å². The van der Waals surface area contributed by atoms with E-state index in [4.69, 9.17) is 4.74 Å². The summed E-state index contributed by atoms with van der Waals surface area (Å²) in [4.78, 5) is 2.25. The molecule has 6 heteroatoms. The molecule has 2 aliphatic heterocycles. The maximum absolute atomic E-state index is 12.4. The summed E-state index contributed by atoms with van der Waals surface area (Å²) in [5, 5.41) is 0. The molecule has 0 N–H and O–H groups in total. The molecule has 0 aliphatic carbocycles. The number of nitrogens with zero attached hydrogens (tertiary/aromatic N) is 2. The summed E-state index contributed by atoms with van der Waals surface area (Å²) in [5.74, 6) is 0.688. The second-order valence-corrected chi connectivity index (χ2v) is 7.85. The van der Waals surface area contributed by atoms with Gasteiger partial charge < -0.3 is 9.64 Å². The molecule has 2 saturated heterocycles. The van der Waals surface area contributed by atoms with Gasteiger partial charge in [0.15, 0.2) is 0 Å². The van der Waals surface area contributed by atoms with Gasteiger partial charge in [-0.05, 0) is 38.3 Å². The minimum absolute atomic E-state index is 0.0373. The molecule has 0 aromatic rings. The Hall–Kier alpha value is -0.170. The molecule has 0 radical (unpaired) electrons. The van der Waals surface area contributed by atoms with Gasteiger partial charge in [-0.25, -0.2) is 8.42 Å². The highest BCUT2D eigenvalue weighted by molar-refractivity contribution is 7.89. The lowest BCUT2D eigenvalue weighted by Crippen LogP contribution is -2.48. The van der Waals surface area contributed by atoms with Crippen molar-refractivity contribution < 1.29 is 13.2 Å². The third kappa shape index (κ3) is 3.90. The third-order valence-electron chi connectivity index (χ3n) is 4.41. The number of piperidine rings is 1. The maximum atomic E-state index is 12.4. The van der Waals surface area contributed by atoms with Gasteiger partial charge in [-0.15, -0.1) is 0 Å². The van der Waals surface area contributed by atoms with Gasteiger partial charge in [0.25, 0.3) is 0 Å². The van der Waals surface area contributed by atoms with Crippen molar-refractivity contribution in [2.45, 2.75) is 32.3 Å². The summed E-state index contributed by atoms with van der Waals surface area (Å²) >= 11 is 0. The molecular formula is C13H26N2O3S. The molecule has 2 heterocycles. The molecule has 0 spiro atoms. The molecule has 0 saturated carbocycles. The Morgan fingerprint density at radius 2 is 1.89 bits per heavy atom. The van der Waals surface area contributed by atoms with Crippen molar-refractivity contribution in [3.8, 4) is 0 Å². The molecule has 19 heavy (non-hydrogen) atoms. The second-order valence-electron chi connectivity index (χ2n) is 5.76. The van der Waals surface area contributed by atoms with Crippen LogP contribution in [0.15, 0.2) is 0 Å². The number of hydrogen-bond donors (Lipinski definition) is 0. The van der Waals surface area contributed by atoms with E-state index in [9.17, 15) is 8.42 Å². The van der Waals surface area contributed by atoms with E-state index in [1.165, 1.54) is 12.8 Å². The van der Waals surface area contributed by atoms with Gasteiger partial charge in [0, 0.05) is 26.7 Å². The van der Waals surface area contributed by atoms with Crippen LogP contribution in [-0.2, 0) is 14.8 Å². The lowest BCUT2D eigenvalue weighted by Gasteiger charge is -2.35. The molecule has 0 bridgehead atoms. The van der Waals surface area contributed by atoms with Crippen molar-refractivity contribution in [3.05, 3.63) is 0 Å². The van der Waals surface area contributed by atoms with Gasteiger partial charge in [-0.1, -0.05) is 6.92 Å². The zero-order chi connectivity index (χ0) is 13.9. The van der Waals surface area contributed by atoms with Crippen molar-refractivity contribution >= 4 is 10.0 Å². The summed E-state index contributed by atoms with van der Waals surface area (Å²) in [6, 6.07) is 0. The van der Waals surface area contributed by atoms with Gasteiger partial charge in [0.2, 0.25) is 10.0 Å². The molecule has 0 amide bonds. The number of rotatable bonds is 5. The normalized spacial score (nSPS) is 30.8. The first-order valence-electron chi connectivity index (χ1n) is 7.26. The van der Waals surface area contributed by atoms with Gasteiger partial charge >= 0.3 is 0 Å². The Kier molecular flexibility index (Phi) is 5.22. The largest absolute Gasteiger partial charge is 0.380 e. The van der Waals surface area contributed by atoms with Crippen LogP contribution in [0.2, 0.25) is 0 Å². The van der Waals surface area contributed by atoms with Crippen LogP contribution in [0.1, 0.15) is 26.2 Å². The van der Waals surface area contributed by atoms with Crippen molar-refractivity contribution in [1.82, 2.24) is 9.21 Å². The number of methoxy groups -OCH3 is 1. The first kappa shape index (κ1) is 15.2. The van der Waals surface area contributed by atoms with Crippen LogP contribution in [-0.4, -0.2) is 69.3 Å². The Morgan fingerprint density at radius 1 is 1.21 bits per heavy atom. The predicted molar refractivity (Wildman–Crippen MR) is 75.6 cm³/mol. The second kappa shape index (κ2) is 6.52. The zero-order valence-corrected chi connectivity index (χ0v) is 12.9. The summed E-state index contributed by atoms with van der Waals surface area (Å²) < 4.78 is 31.7. The molecule has 0 aromatic heterocycles. The highest BCUT2D eigenvalue weighted by Crippen LogP contribution is 2.22. The molecule has 2 atom stereocenters. The fraction of sp³-hybridized carbons (Fsp3) is 1.00. The molecule has 2 aliphatic rings. The quantitative estimate of drug-likeness (QED) is 0.750. The van der Waals surface area contributed by atoms with Crippen LogP contribution in [0, 0.1) is 5.92 Å². The first-order valence-corrected chi connectivity index (χ1v) is 8.87. The fourth-order valence-corrected chi connectivity index (χ4v) is 4.45. The zero-order valence-electron chi connectivity index (χ0n) is 12.0. The van der Waals surface area contributed by atoms with Crippen LogP contribution >= 0.6 is 0 Å². The van der Waals surface area contributed by atoms with E-state index in [-0.39, 0.29) is 11.9 Å². The number of likely N-dealkylation sites (tertiary alicyclic amines) is 1. The fourth-order valence-electron chi connectivity index (χ4n) is 2.94.